The van der Waals surface area contributed by atoms with E-state index in [1.54, 1.807) is 19.1 Å². The van der Waals surface area contributed by atoms with Gasteiger partial charge in [0.1, 0.15) is 5.75 Å². The summed E-state index contributed by atoms with van der Waals surface area (Å²) in [6.07, 6.45) is 0. The van der Waals surface area contributed by atoms with E-state index < -0.39 is 0 Å². The molecule has 0 fully saturated rings. The fraction of sp³-hybridized carbons (Fsp3) is 0.143. The van der Waals surface area contributed by atoms with Crippen LogP contribution in [0.15, 0.2) is 73.4 Å². The van der Waals surface area contributed by atoms with Crippen LogP contribution in [0.2, 0.25) is 0 Å². The maximum absolute atomic E-state index is 12.9. The number of hydrogen-bond acceptors (Lipinski definition) is 6. The summed E-state index contributed by atoms with van der Waals surface area (Å²) in [7, 11) is 0. The molecule has 2 aromatic heterocycles. The molecule has 0 spiro atoms. The van der Waals surface area contributed by atoms with Crippen molar-refractivity contribution >= 4 is 38.6 Å². The highest BCUT2D eigenvalue weighted by Gasteiger charge is 2.15. The molecule has 0 aliphatic carbocycles. The lowest BCUT2D eigenvalue weighted by Gasteiger charge is -2.01. The van der Waals surface area contributed by atoms with Gasteiger partial charge in [0.25, 0.3) is 0 Å². The van der Waals surface area contributed by atoms with Crippen LogP contribution in [-0.2, 0) is 0 Å². The van der Waals surface area contributed by atoms with Crippen molar-refractivity contribution in [1.29, 1.82) is 0 Å². The molecule has 4 rings (SSSR count). The predicted molar refractivity (Wildman–Crippen MR) is 122 cm³/mol. The van der Waals surface area contributed by atoms with Crippen molar-refractivity contribution in [3.63, 3.8) is 0 Å². The molecule has 0 saturated carbocycles. The second-order valence-corrected chi connectivity index (χ2v) is 8.13. The summed E-state index contributed by atoms with van der Waals surface area (Å²) in [5.41, 5.74) is 3.00. The summed E-state index contributed by atoms with van der Waals surface area (Å²) in [4.78, 5) is 17.4. The van der Waals surface area contributed by atoms with E-state index in [9.17, 15) is 4.79 Å². The molecular weight excluding hydrogens is 466 g/mol. The Morgan fingerprint density at radius 2 is 1.87 bits per heavy atom. The van der Waals surface area contributed by atoms with Crippen molar-refractivity contribution < 1.29 is 4.74 Å². The molecule has 2 heterocycles. The number of nitrogens with zero attached hydrogens (tertiary/aromatic N) is 4. The third-order valence-corrected chi connectivity index (χ3v) is 5.63. The van der Waals surface area contributed by atoms with E-state index in [1.165, 1.54) is 16.0 Å². The van der Waals surface area contributed by atoms with Crippen molar-refractivity contribution in [2.24, 2.45) is 10.2 Å². The largest absolute Gasteiger partial charge is 0.494 e. The van der Waals surface area contributed by atoms with E-state index in [-0.39, 0.29) is 11.2 Å². The van der Waals surface area contributed by atoms with Gasteiger partial charge in [0.15, 0.2) is 5.69 Å². The molecule has 0 radical (unpaired) electrons. The number of aryl methyl sites for hydroxylation is 1. The number of hydrogen-bond donors (Lipinski definition) is 1. The van der Waals surface area contributed by atoms with Crippen LogP contribution in [0.25, 0.3) is 16.4 Å². The smallest absolute Gasteiger partial charge is 0.301 e. The maximum Gasteiger partial charge on any atom is 0.301 e. The molecule has 1 N–H and O–H groups in total. The minimum absolute atomic E-state index is 0.254. The van der Waals surface area contributed by atoms with E-state index >= 15 is 0 Å². The Morgan fingerprint density at radius 1 is 1.13 bits per heavy atom. The van der Waals surface area contributed by atoms with Crippen molar-refractivity contribution in [2.45, 2.75) is 13.8 Å². The number of azo groups is 1. The van der Waals surface area contributed by atoms with Crippen LogP contribution in [0.1, 0.15) is 12.6 Å². The third-order valence-electron chi connectivity index (χ3n) is 4.28. The highest BCUT2D eigenvalue weighted by atomic mass is 79.9. The van der Waals surface area contributed by atoms with E-state index in [4.69, 9.17) is 4.74 Å². The lowest BCUT2D eigenvalue weighted by Crippen LogP contribution is -2.13. The Bertz CT molecular complexity index is 1240. The molecular formula is C21H18BrN5O2S. The number of ether oxygens (including phenoxy) is 1. The van der Waals surface area contributed by atoms with Gasteiger partial charge in [-0.3, -0.25) is 9.89 Å². The molecule has 0 saturated heterocycles. The van der Waals surface area contributed by atoms with Gasteiger partial charge < -0.3 is 4.74 Å². The van der Waals surface area contributed by atoms with Crippen LogP contribution in [-0.4, -0.2) is 21.4 Å². The van der Waals surface area contributed by atoms with Gasteiger partial charge in [-0.15, -0.1) is 16.5 Å². The van der Waals surface area contributed by atoms with Gasteiger partial charge in [0.05, 0.1) is 23.7 Å². The van der Waals surface area contributed by atoms with E-state index in [1.807, 2.05) is 48.7 Å². The number of halogens is 1. The minimum Gasteiger partial charge on any atom is -0.494 e. The molecule has 0 unspecified atom stereocenters. The molecule has 152 valence electrons. The standard InChI is InChI=1S/C21H18BrN5O2S/c1-3-29-17-10-8-16(9-11-17)24-25-19-13(2)26-27(20(19)28)21-23-18(12-30-21)14-4-6-15(22)7-5-14/h4-12,26H,3H2,1-2H3. The van der Waals surface area contributed by atoms with Crippen molar-refractivity contribution in [3.05, 3.63) is 74.4 Å². The summed E-state index contributed by atoms with van der Waals surface area (Å²) in [5.74, 6) is 0.766. The summed E-state index contributed by atoms with van der Waals surface area (Å²) in [6, 6.07) is 15.1. The van der Waals surface area contributed by atoms with Gasteiger partial charge in [-0.2, -0.15) is 9.80 Å². The first-order valence-corrected chi connectivity index (χ1v) is 10.9. The van der Waals surface area contributed by atoms with E-state index in [2.05, 4.69) is 36.2 Å². The molecule has 4 aromatic rings. The van der Waals surface area contributed by atoms with Gasteiger partial charge in [0.2, 0.25) is 5.13 Å². The first kappa shape index (κ1) is 20.2. The van der Waals surface area contributed by atoms with Crippen molar-refractivity contribution in [1.82, 2.24) is 14.8 Å². The zero-order chi connectivity index (χ0) is 21.1. The molecule has 0 amide bonds. The lowest BCUT2D eigenvalue weighted by atomic mass is 10.2. The Balaban J connectivity index is 1.59. The normalized spacial score (nSPS) is 11.3. The molecule has 0 aliphatic rings. The Kier molecular flexibility index (Phi) is 5.91. The second-order valence-electron chi connectivity index (χ2n) is 6.38. The molecule has 0 bridgehead atoms. The zero-order valence-electron chi connectivity index (χ0n) is 16.3. The number of aromatic amines is 1. The first-order valence-electron chi connectivity index (χ1n) is 9.23. The molecule has 30 heavy (non-hydrogen) atoms. The van der Waals surface area contributed by atoms with Crippen molar-refractivity contribution in [2.75, 3.05) is 6.61 Å². The monoisotopic (exact) mass is 483 g/mol. The summed E-state index contributed by atoms with van der Waals surface area (Å²) in [6.45, 7) is 4.31. The summed E-state index contributed by atoms with van der Waals surface area (Å²) in [5, 5.41) is 13.8. The van der Waals surface area contributed by atoms with E-state index in [0.717, 1.165) is 21.5 Å². The molecule has 7 nitrogen and oxygen atoms in total. The number of aromatic nitrogens is 3. The highest BCUT2D eigenvalue weighted by Crippen LogP contribution is 2.26. The van der Waals surface area contributed by atoms with Gasteiger partial charge >= 0.3 is 5.56 Å². The van der Waals surface area contributed by atoms with Gasteiger partial charge in [-0.25, -0.2) is 4.98 Å². The van der Waals surface area contributed by atoms with Crippen LogP contribution in [0.5, 0.6) is 5.75 Å². The number of H-pyrrole nitrogens is 1. The Labute approximate surface area is 185 Å². The van der Waals surface area contributed by atoms with Gasteiger partial charge in [0, 0.05) is 15.4 Å². The fourth-order valence-electron chi connectivity index (χ4n) is 2.79. The Morgan fingerprint density at radius 3 is 2.57 bits per heavy atom. The lowest BCUT2D eigenvalue weighted by molar-refractivity contribution is 0.340. The first-order chi connectivity index (χ1) is 14.5. The summed E-state index contributed by atoms with van der Waals surface area (Å²) >= 11 is 4.81. The van der Waals surface area contributed by atoms with Crippen molar-refractivity contribution in [3.8, 4) is 22.1 Å². The van der Waals surface area contributed by atoms with Crippen LogP contribution in [0.3, 0.4) is 0 Å². The van der Waals surface area contributed by atoms with Crippen LogP contribution < -0.4 is 10.3 Å². The predicted octanol–water partition coefficient (Wildman–Crippen LogP) is 6.17. The molecule has 9 heteroatoms. The second kappa shape index (κ2) is 8.76. The molecule has 2 aromatic carbocycles. The van der Waals surface area contributed by atoms with Crippen LogP contribution in [0, 0.1) is 6.92 Å². The SMILES string of the molecule is CCOc1ccc(N=Nc2c(C)[nH]n(-c3nc(-c4ccc(Br)cc4)cs3)c2=O)cc1. The number of rotatable bonds is 6. The van der Waals surface area contributed by atoms with Gasteiger partial charge in [-0.1, -0.05) is 28.1 Å². The topological polar surface area (TPSA) is 84.6 Å². The quantitative estimate of drug-likeness (QED) is 0.332. The third kappa shape index (κ3) is 4.27. The zero-order valence-corrected chi connectivity index (χ0v) is 18.7. The number of nitrogens with one attached hydrogen (secondary N) is 1. The van der Waals surface area contributed by atoms with Crippen LogP contribution >= 0.6 is 27.3 Å². The maximum atomic E-state index is 12.9. The Hall–Kier alpha value is -3.04. The fourth-order valence-corrected chi connectivity index (χ4v) is 3.85. The minimum atomic E-state index is -0.293. The number of benzene rings is 2. The molecule has 0 atom stereocenters. The summed E-state index contributed by atoms with van der Waals surface area (Å²) < 4.78 is 7.81. The average molecular weight is 484 g/mol. The van der Waals surface area contributed by atoms with Gasteiger partial charge in [-0.05, 0) is 50.2 Å². The highest BCUT2D eigenvalue weighted by molar-refractivity contribution is 9.10. The molecule has 0 aliphatic heterocycles. The van der Waals surface area contributed by atoms with E-state index in [0.29, 0.717) is 23.1 Å². The number of thiazole rings is 1. The van der Waals surface area contributed by atoms with Crippen LogP contribution in [0.4, 0.5) is 11.4 Å². The average Bonchev–Trinajstić information content (AvgIpc) is 3.33.